The smallest absolute Gasteiger partial charge is 0.273 e. The van der Waals surface area contributed by atoms with Crippen LogP contribution in [-0.4, -0.2) is 28.4 Å². The lowest BCUT2D eigenvalue weighted by Gasteiger charge is -2.43. The van der Waals surface area contributed by atoms with Crippen molar-refractivity contribution in [1.29, 1.82) is 0 Å². The van der Waals surface area contributed by atoms with Gasteiger partial charge in [-0.2, -0.15) is 0 Å². The van der Waals surface area contributed by atoms with Gasteiger partial charge in [0, 0.05) is 23.5 Å². The Hall–Kier alpha value is -1.75. The van der Waals surface area contributed by atoms with Gasteiger partial charge in [-0.25, -0.2) is 9.37 Å². The number of aromatic nitrogens is 1. The van der Waals surface area contributed by atoms with Crippen molar-refractivity contribution in [3.8, 4) is 10.6 Å². The largest absolute Gasteiger partial charge is 0.334 e. The van der Waals surface area contributed by atoms with Gasteiger partial charge in [-0.3, -0.25) is 4.79 Å². The Balaban J connectivity index is 1.55. The molecule has 1 saturated heterocycles. The normalized spacial score (nSPS) is 23.8. The monoisotopic (exact) mass is 344 g/mol. The molecule has 2 aromatic rings. The second kappa shape index (κ2) is 6.63. The molecule has 5 heteroatoms. The first kappa shape index (κ1) is 15.8. The van der Waals surface area contributed by atoms with Crippen LogP contribution >= 0.6 is 11.3 Å². The zero-order valence-corrected chi connectivity index (χ0v) is 14.4. The predicted octanol–water partition coefficient (Wildman–Crippen LogP) is 4.74. The summed E-state index contributed by atoms with van der Waals surface area (Å²) in [5, 5.41) is 2.61. The maximum Gasteiger partial charge on any atom is 0.273 e. The fourth-order valence-electron chi connectivity index (χ4n) is 4.12. The number of nitrogens with zero attached hydrogens (tertiary/aromatic N) is 2. The van der Waals surface area contributed by atoms with Crippen molar-refractivity contribution in [3.63, 3.8) is 0 Å². The molecule has 1 aliphatic carbocycles. The van der Waals surface area contributed by atoms with Crippen molar-refractivity contribution in [2.45, 2.75) is 44.6 Å². The molecule has 126 valence electrons. The van der Waals surface area contributed by atoms with E-state index in [1.165, 1.54) is 49.2 Å². The summed E-state index contributed by atoms with van der Waals surface area (Å²) in [6.45, 7) is 0.851. The Morgan fingerprint density at radius 2 is 1.88 bits per heavy atom. The number of halogens is 1. The van der Waals surface area contributed by atoms with Gasteiger partial charge in [0.25, 0.3) is 5.91 Å². The highest BCUT2D eigenvalue weighted by atomic mass is 32.1. The third-order valence-electron chi connectivity index (χ3n) is 5.32. The van der Waals surface area contributed by atoms with Crippen molar-refractivity contribution in [2.24, 2.45) is 5.92 Å². The molecule has 0 bridgehead atoms. The zero-order valence-electron chi connectivity index (χ0n) is 13.6. The van der Waals surface area contributed by atoms with E-state index in [0.717, 1.165) is 30.0 Å². The number of hydrogen-bond donors (Lipinski definition) is 0. The van der Waals surface area contributed by atoms with E-state index in [1.807, 2.05) is 5.38 Å². The molecule has 1 amide bonds. The summed E-state index contributed by atoms with van der Waals surface area (Å²) in [6.07, 6.45) is 7.27. The lowest BCUT2D eigenvalue weighted by molar-refractivity contribution is 0.0386. The maximum absolute atomic E-state index is 13.1. The molecular formula is C19H21FN2OS. The lowest BCUT2D eigenvalue weighted by atomic mass is 9.78. The van der Waals surface area contributed by atoms with Gasteiger partial charge in [0.1, 0.15) is 16.5 Å². The molecule has 0 spiro atoms. The summed E-state index contributed by atoms with van der Waals surface area (Å²) in [7, 11) is 0. The second-order valence-corrected chi connectivity index (χ2v) is 7.66. The number of thiazole rings is 1. The van der Waals surface area contributed by atoms with Crippen LogP contribution in [0.15, 0.2) is 29.6 Å². The van der Waals surface area contributed by atoms with E-state index in [-0.39, 0.29) is 11.7 Å². The summed E-state index contributed by atoms with van der Waals surface area (Å²) >= 11 is 1.45. The SMILES string of the molecule is O=C(c1csc(-c2ccc(F)cc2)n1)N1CCC[C@H]2CCCC[C@H]21. The van der Waals surface area contributed by atoms with Crippen molar-refractivity contribution >= 4 is 17.2 Å². The van der Waals surface area contributed by atoms with E-state index in [9.17, 15) is 9.18 Å². The Kier molecular flexibility index (Phi) is 4.35. The average Bonchev–Trinajstić information content (AvgIpc) is 3.11. The van der Waals surface area contributed by atoms with E-state index in [1.54, 1.807) is 12.1 Å². The van der Waals surface area contributed by atoms with Crippen LogP contribution < -0.4 is 0 Å². The summed E-state index contributed by atoms with van der Waals surface area (Å²) in [5.74, 6) is 0.478. The summed E-state index contributed by atoms with van der Waals surface area (Å²) in [6, 6.07) is 6.67. The maximum atomic E-state index is 13.1. The molecule has 0 unspecified atom stereocenters. The Labute approximate surface area is 145 Å². The molecule has 1 aromatic carbocycles. The van der Waals surface area contributed by atoms with Gasteiger partial charge in [-0.1, -0.05) is 12.8 Å². The first-order valence-corrected chi connectivity index (χ1v) is 9.63. The minimum atomic E-state index is -0.261. The Morgan fingerprint density at radius 3 is 2.71 bits per heavy atom. The number of hydrogen-bond acceptors (Lipinski definition) is 3. The number of carbonyl (C=O) groups excluding carboxylic acids is 1. The minimum absolute atomic E-state index is 0.0659. The van der Waals surface area contributed by atoms with Crippen LogP contribution in [0.5, 0.6) is 0 Å². The van der Waals surface area contributed by atoms with E-state index in [4.69, 9.17) is 0 Å². The van der Waals surface area contributed by atoms with Crippen molar-refractivity contribution in [3.05, 3.63) is 41.2 Å². The van der Waals surface area contributed by atoms with E-state index in [2.05, 4.69) is 9.88 Å². The first-order chi connectivity index (χ1) is 11.7. The zero-order chi connectivity index (χ0) is 16.5. The molecule has 1 aromatic heterocycles. The number of piperidine rings is 1. The molecule has 0 N–H and O–H groups in total. The molecule has 24 heavy (non-hydrogen) atoms. The van der Waals surface area contributed by atoms with Crippen LogP contribution in [0.25, 0.3) is 10.6 Å². The average molecular weight is 344 g/mol. The molecule has 2 atom stereocenters. The quantitative estimate of drug-likeness (QED) is 0.788. The number of likely N-dealkylation sites (tertiary alicyclic amines) is 1. The van der Waals surface area contributed by atoms with Gasteiger partial charge < -0.3 is 4.90 Å². The number of fused-ring (bicyclic) bond motifs is 1. The molecule has 2 heterocycles. The highest BCUT2D eigenvalue weighted by molar-refractivity contribution is 7.13. The van der Waals surface area contributed by atoms with Crippen LogP contribution in [0.2, 0.25) is 0 Å². The molecule has 2 aliphatic rings. The lowest BCUT2D eigenvalue weighted by Crippen LogP contribution is -2.49. The van der Waals surface area contributed by atoms with Gasteiger partial charge in [-0.05, 0) is 55.9 Å². The molecule has 3 nitrogen and oxygen atoms in total. The van der Waals surface area contributed by atoms with Crippen LogP contribution in [0.4, 0.5) is 4.39 Å². The van der Waals surface area contributed by atoms with Gasteiger partial charge in [0.2, 0.25) is 0 Å². The third kappa shape index (κ3) is 2.97. The Morgan fingerprint density at radius 1 is 1.12 bits per heavy atom. The highest BCUT2D eigenvalue weighted by Crippen LogP contribution is 2.36. The van der Waals surface area contributed by atoms with Crippen LogP contribution in [-0.2, 0) is 0 Å². The second-order valence-electron chi connectivity index (χ2n) is 6.80. The summed E-state index contributed by atoms with van der Waals surface area (Å²) in [4.78, 5) is 19.6. The van der Waals surface area contributed by atoms with Gasteiger partial charge >= 0.3 is 0 Å². The summed E-state index contributed by atoms with van der Waals surface area (Å²) < 4.78 is 13.1. The van der Waals surface area contributed by atoms with E-state index >= 15 is 0 Å². The third-order valence-corrected chi connectivity index (χ3v) is 6.21. The fraction of sp³-hybridized carbons (Fsp3) is 0.474. The predicted molar refractivity (Wildman–Crippen MR) is 93.5 cm³/mol. The topological polar surface area (TPSA) is 33.2 Å². The molecule has 0 radical (unpaired) electrons. The molecular weight excluding hydrogens is 323 g/mol. The van der Waals surface area contributed by atoms with Crippen molar-refractivity contribution < 1.29 is 9.18 Å². The van der Waals surface area contributed by atoms with E-state index < -0.39 is 0 Å². The number of rotatable bonds is 2. The first-order valence-electron chi connectivity index (χ1n) is 8.75. The summed E-state index contributed by atoms with van der Waals surface area (Å²) in [5.41, 5.74) is 1.39. The standard InChI is InChI=1S/C19H21FN2OS/c20-15-9-7-14(8-10-15)18-21-16(12-24-18)19(23)22-11-3-5-13-4-1-2-6-17(13)22/h7-10,12-13,17H,1-6,11H2/t13-,17-/m1/s1. The molecule has 1 aliphatic heterocycles. The van der Waals surface area contributed by atoms with Crippen LogP contribution in [0, 0.1) is 11.7 Å². The number of benzene rings is 1. The molecule has 1 saturated carbocycles. The van der Waals surface area contributed by atoms with Crippen LogP contribution in [0.1, 0.15) is 49.0 Å². The van der Waals surface area contributed by atoms with E-state index in [0.29, 0.717) is 17.7 Å². The Bertz CT molecular complexity index is 725. The molecule has 2 fully saturated rings. The van der Waals surface area contributed by atoms with Crippen molar-refractivity contribution in [1.82, 2.24) is 9.88 Å². The number of amides is 1. The van der Waals surface area contributed by atoms with Crippen LogP contribution in [0.3, 0.4) is 0 Å². The van der Waals surface area contributed by atoms with Crippen molar-refractivity contribution in [2.75, 3.05) is 6.54 Å². The molecule has 4 rings (SSSR count). The highest BCUT2D eigenvalue weighted by Gasteiger charge is 2.36. The van der Waals surface area contributed by atoms with Gasteiger partial charge in [0.15, 0.2) is 0 Å². The van der Waals surface area contributed by atoms with Gasteiger partial charge in [0.05, 0.1) is 0 Å². The minimum Gasteiger partial charge on any atom is -0.334 e. The number of carbonyl (C=O) groups is 1. The van der Waals surface area contributed by atoms with Gasteiger partial charge in [-0.15, -0.1) is 11.3 Å². The fourth-order valence-corrected chi connectivity index (χ4v) is 4.92.